The van der Waals surface area contributed by atoms with Crippen LogP contribution in [0.15, 0.2) is 12.1 Å². The second-order valence-electron chi connectivity index (χ2n) is 2.32. The van der Waals surface area contributed by atoms with Crippen LogP contribution < -0.4 is 0 Å². The van der Waals surface area contributed by atoms with E-state index in [0.717, 1.165) is 17.4 Å². The lowest BCUT2D eigenvalue weighted by molar-refractivity contribution is -0.134. The SMILES string of the molecule is CC(Br)c1ccc(C(F)(F)F)s1. The number of hydrogen-bond acceptors (Lipinski definition) is 1. The molecule has 68 valence electrons. The standard InChI is InChI=1S/C7H6BrF3S/c1-4(8)5-2-3-6(12-5)7(9,10)11/h2-4H,1H3. The highest BCUT2D eigenvalue weighted by molar-refractivity contribution is 9.09. The third-order valence-corrected chi connectivity index (χ3v) is 3.41. The van der Waals surface area contributed by atoms with Gasteiger partial charge in [0.05, 0.1) is 0 Å². The van der Waals surface area contributed by atoms with Gasteiger partial charge in [0.15, 0.2) is 0 Å². The molecule has 0 saturated heterocycles. The molecule has 0 saturated carbocycles. The van der Waals surface area contributed by atoms with Crippen molar-refractivity contribution in [3.05, 3.63) is 21.9 Å². The Morgan fingerprint density at radius 2 is 2.00 bits per heavy atom. The first-order valence-electron chi connectivity index (χ1n) is 3.22. The molecule has 0 amide bonds. The monoisotopic (exact) mass is 258 g/mol. The van der Waals surface area contributed by atoms with Crippen LogP contribution in [0.5, 0.6) is 0 Å². The fourth-order valence-electron chi connectivity index (χ4n) is 0.719. The molecule has 1 rings (SSSR count). The number of rotatable bonds is 1. The zero-order valence-corrected chi connectivity index (χ0v) is 8.55. The van der Waals surface area contributed by atoms with E-state index in [0.29, 0.717) is 4.88 Å². The van der Waals surface area contributed by atoms with Gasteiger partial charge < -0.3 is 0 Å². The van der Waals surface area contributed by atoms with Gasteiger partial charge in [0.2, 0.25) is 0 Å². The largest absolute Gasteiger partial charge is 0.425 e. The molecule has 0 radical (unpaired) electrons. The van der Waals surface area contributed by atoms with Crippen molar-refractivity contribution in [1.29, 1.82) is 0 Å². The number of alkyl halides is 4. The van der Waals surface area contributed by atoms with Gasteiger partial charge in [-0.05, 0) is 19.1 Å². The second-order valence-corrected chi connectivity index (χ2v) is 4.80. The van der Waals surface area contributed by atoms with Crippen molar-refractivity contribution >= 4 is 27.3 Å². The van der Waals surface area contributed by atoms with Gasteiger partial charge in [-0.3, -0.25) is 0 Å². The van der Waals surface area contributed by atoms with Crippen LogP contribution in [-0.4, -0.2) is 0 Å². The van der Waals surface area contributed by atoms with Gasteiger partial charge in [-0.25, -0.2) is 0 Å². The minimum atomic E-state index is -4.20. The van der Waals surface area contributed by atoms with Gasteiger partial charge in [0.1, 0.15) is 4.88 Å². The first-order chi connectivity index (χ1) is 5.41. The summed E-state index contributed by atoms with van der Waals surface area (Å²) < 4.78 is 36.2. The Kier molecular flexibility index (Phi) is 2.83. The van der Waals surface area contributed by atoms with Crippen LogP contribution in [0.1, 0.15) is 21.5 Å². The van der Waals surface area contributed by atoms with Gasteiger partial charge in [-0.15, -0.1) is 11.3 Å². The molecule has 0 spiro atoms. The maximum Gasteiger partial charge on any atom is 0.425 e. The van der Waals surface area contributed by atoms with Gasteiger partial charge in [-0.2, -0.15) is 13.2 Å². The second kappa shape index (κ2) is 3.38. The molecule has 0 N–H and O–H groups in total. The van der Waals surface area contributed by atoms with Crippen molar-refractivity contribution in [3.63, 3.8) is 0 Å². The number of halogens is 4. The Morgan fingerprint density at radius 3 is 2.25 bits per heavy atom. The van der Waals surface area contributed by atoms with E-state index in [9.17, 15) is 13.2 Å². The molecule has 0 nitrogen and oxygen atoms in total. The van der Waals surface area contributed by atoms with E-state index in [-0.39, 0.29) is 4.83 Å². The van der Waals surface area contributed by atoms with Crippen LogP contribution in [0.25, 0.3) is 0 Å². The molecule has 0 aromatic carbocycles. The van der Waals surface area contributed by atoms with Crippen molar-refractivity contribution < 1.29 is 13.2 Å². The fraction of sp³-hybridized carbons (Fsp3) is 0.429. The molecule has 0 aliphatic rings. The van der Waals surface area contributed by atoms with E-state index in [1.807, 2.05) is 0 Å². The minimum absolute atomic E-state index is 0.0152. The summed E-state index contributed by atoms with van der Waals surface area (Å²) in [6.07, 6.45) is -4.20. The molecular formula is C7H6BrF3S. The van der Waals surface area contributed by atoms with E-state index in [4.69, 9.17) is 0 Å². The summed E-state index contributed by atoms with van der Waals surface area (Å²) in [5.41, 5.74) is 0. The highest BCUT2D eigenvalue weighted by Gasteiger charge is 2.32. The predicted octanol–water partition coefficient (Wildman–Crippen LogP) is 4.22. The average Bonchev–Trinajstić information content (AvgIpc) is 2.30. The third-order valence-electron chi connectivity index (χ3n) is 1.30. The third kappa shape index (κ3) is 2.23. The lowest BCUT2D eigenvalue weighted by Gasteiger charge is -2.01. The van der Waals surface area contributed by atoms with Crippen LogP contribution in [-0.2, 0) is 6.18 Å². The Labute approximate surface area is 80.5 Å². The molecular weight excluding hydrogens is 253 g/mol. The summed E-state index contributed by atoms with van der Waals surface area (Å²) in [6.45, 7) is 1.80. The van der Waals surface area contributed by atoms with Crippen LogP contribution in [0.3, 0.4) is 0 Å². The first-order valence-corrected chi connectivity index (χ1v) is 4.95. The molecule has 0 fully saturated rings. The minimum Gasteiger partial charge on any atom is -0.165 e. The number of hydrogen-bond donors (Lipinski definition) is 0. The normalized spacial score (nSPS) is 14.8. The van der Waals surface area contributed by atoms with Crippen LogP contribution >= 0.6 is 27.3 Å². The van der Waals surface area contributed by atoms with Gasteiger partial charge in [0.25, 0.3) is 0 Å². The molecule has 1 heterocycles. The topological polar surface area (TPSA) is 0 Å². The predicted molar refractivity (Wildman–Crippen MR) is 46.7 cm³/mol. The lowest BCUT2D eigenvalue weighted by atomic mass is 10.3. The summed E-state index contributed by atoms with van der Waals surface area (Å²) in [5.74, 6) is 0. The molecule has 1 aromatic rings. The molecule has 5 heteroatoms. The first kappa shape index (κ1) is 10.1. The molecule has 1 unspecified atom stereocenters. The molecule has 0 aliphatic carbocycles. The number of thiophene rings is 1. The van der Waals surface area contributed by atoms with Crippen LogP contribution in [0, 0.1) is 0 Å². The fourth-order valence-corrected chi connectivity index (χ4v) is 1.96. The maximum atomic E-state index is 12.1. The Bertz CT molecular complexity index is 264. The molecule has 1 atom stereocenters. The van der Waals surface area contributed by atoms with Gasteiger partial charge in [0, 0.05) is 9.70 Å². The van der Waals surface area contributed by atoms with Gasteiger partial charge >= 0.3 is 6.18 Å². The Morgan fingerprint density at radius 1 is 1.42 bits per heavy atom. The Hall–Kier alpha value is -0.0300. The van der Waals surface area contributed by atoms with Gasteiger partial charge in [-0.1, -0.05) is 15.9 Å². The van der Waals surface area contributed by atoms with E-state index >= 15 is 0 Å². The van der Waals surface area contributed by atoms with Crippen molar-refractivity contribution in [1.82, 2.24) is 0 Å². The maximum absolute atomic E-state index is 12.1. The molecule has 12 heavy (non-hydrogen) atoms. The smallest absolute Gasteiger partial charge is 0.165 e. The lowest BCUT2D eigenvalue weighted by Crippen LogP contribution is -2.00. The van der Waals surface area contributed by atoms with E-state index in [1.165, 1.54) is 6.07 Å². The van der Waals surface area contributed by atoms with E-state index in [2.05, 4.69) is 15.9 Å². The van der Waals surface area contributed by atoms with Crippen molar-refractivity contribution in [2.75, 3.05) is 0 Å². The summed E-state index contributed by atoms with van der Waals surface area (Å²) in [6, 6.07) is 2.60. The van der Waals surface area contributed by atoms with Crippen molar-refractivity contribution in [2.45, 2.75) is 17.9 Å². The highest BCUT2D eigenvalue weighted by atomic mass is 79.9. The molecule has 1 aromatic heterocycles. The summed E-state index contributed by atoms with van der Waals surface area (Å²) in [7, 11) is 0. The summed E-state index contributed by atoms with van der Waals surface area (Å²) in [5, 5.41) is 0. The highest BCUT2D eigenvalue weighted by Crippen LogP contribution is 2.38. The summed E-state index contributed by atoms with van der Waals surface area (Å²) >= 11 is 3.98. The van der Waals surface area contributed by atoms with Crippen molar-refractivity contribution in [2.24, 2.45) is 0 Å². The zero-order chi connectivity index (χ0) is 9.35. The van der Waals surface area contributed by atoms with E-state index < -0.39 is 11.1 Å². The van der Waals surface area contributed by atoms with E-state index in [1.54, 1.807) is 6.92 Å². The summed E-state index contributed by atoms with van der Waals surface area (Å²) in [4.78, 5) is 0.143. The van der Waals surface area contributed by atoms with Crippen molar-refractivity contribution in [3.8, 4) is 0 Å². The van der Waals surface area contributed by atoms with Crippen LogP contribution in [0.4, 0.5) is 13.2 Å². The Balaban J connectivity index is 2.92. The zero-order valence-electron chi connectivity index (χ0n) is 6.15. The average molecular weight is 259 g/mol. The molecule has 0 bridgehead atoms. The van der Waals surface area contributed by atoms with Crippen LogP contribution in [0.2, 0.25) is 0 Å². The molecule has 0 aliphatic heterocycles. The quantitative estimate of drug-likeness (QED) is 0.662.